The number of benzene rings is 1. The number of carbonyl (C=O) groups excluding carboxylic acids is 3. The van der Waals surface area contributed by atoms with Gasteiger partial charge in [0.25, 0.3) is 0 Å². The molecule has 1 aromatic rings. The van der Waals surface area contributed by atoms with Crippen molar-refractivity contribution in [2.24, 2.45) is 0 Å². The minimum atomic E-state index is -0.574. The summed E-state index contributed by atoms with van der Waals surface area (Å²) in [5, 5.41) is 0. The van der Waals surface area contributed by atoms with E-state index in [2.05, 4.69) is 0 Å². The zero-order valence-corrected chi connectivity index (χ0v) is 12.7. The van der Waals surface area contributed by atoms with Crippen molar-refractivity contribution in [2.45, 2.75) is 20.8 Å². The Bertz CT molecular complexity index is 824. The third kappa shape index (κ3) is 1.68. The molecule has 0 atom stereocenters. The number of Topliss-reactive ketones (excluding diaryl/α,β-unsaturated/α-hetero) is 2. The summed E-state index contributed by atoms with van der Waals surface area (Å²) in [6.07, 6.45) is 1.48. The van der Waals surface area contributed by atoms with E-state index < -0.39 is 17.5 Å². The molecule has 0 aromatic heterocycles. The molecule has 5 heteroatoms. The monoisotopic (exact) mass is 298 g/mol. The molecule has 112 valence electrons. The second-order valence-electron chi connectivity index (χ2n) is 5.39. The van der Waals surface area contributed by atoms with Crippen molar-refractivity contribution in [3.05, 3.63) is 45.7 Å². The van der Waals surface area contributed by atoms with E-state index in [1.54, 1.807) is 26.8 Å². The predicted molar refractivity (Wildman–Crippen MR) is 79.2 cm³/mol. The zero-order valence-electron chi connectivity index (χ0n) is 12.7. The minimum Gasteiger partial charge on any atom is -0.465 e. The highest BCUT2D eigenvalue weighted by molar-refractivity contribution is 6.52. The fraction of sp³-hybridized carbons (Fsp3) is 0.235. The summed E-state index contributed by atoms with van der Waals surface area (Å²) in [4.78, 5) is 36.5. The first-order valence-corrected chi connectivity index (χ1v) is 6.78. The van der Waals surface area contributed by atoms with Crippen LogP contribution in [0.4, 0.5) is 0 Å². The SMILES string of the molecule is COC(=O)c1cc(C)c2c3c1C(C)=COC3=C(C)C(=O)C2=O. The van der Waals surface area contributed by atoms with Crippen LogP contribution in [0.5, 0.6) is 0 Å². The van der Waals surface area contributed by atoms with Gasteiger partial charge < -0.3 is 9.47 Å². The molecular weight excluding hydrogens is 284 g/mol. The van der Waals surface area contributed by atoms with Gasteiger partial charge in [0.2, 0.25) is 11.6 Å². The number of carbonyl (C=O) groups is 3. The standard InChI is InChI=1S/C17H14O5/c1-7-5-10(17(20)21-4)11-8(2)6-22-16-9(3)14(18)15(19)12(7)13(11)16/h5-6H,1-4H3. The van der Waals surface area contributed by atoms with Crippen LogP contribution < -0.4 is 0 Å². The number of hydrogen-bond acceptors (Lipinski definition) is 5. The van der Waals surface area contributed by atoms with Gasteiger partial charge in [-0.2, -0.15) is 0 Å². The molecule has 0 saturated heterocycles. The third-order valence-corrected chi connectivity index (χ3v) is 4.02. The summed E-state index contributed by atoms with van der Waals surface area (Å²) in [6, 6.07) is 1.59. The molecule has 0 fully saturated rings. The molecule has 0 amide bonds. The maximum absolute atomic E-state index is 12.4. The summed E-state index contributed by atoms with van der Waals surface area (Å²) in [6.45, 7) is 5.03. The number of rotatable bonds is 1. The normalized spacial score (nSPS) is 16.1. The van der Waals surface area contributed by atoms with Crippen LogP contribution in [0.2, 0.25) is 0 Å². The number of methoxy groups -OCH3 is 1. The maximum Gasteiger partial charge on any atom is 0.338 e. The smallest absolute Gasteiger partial charge is 0.338 e. The summed E-state index contributed by atoms with van der Waals surface area (Å²) < 4.78 is 10.4. The lowest BCUT2D eigenvalue weighted by atomic mass is 9.79. The van der Waals surface area contributed by atoms with Crippen LogP contribution in [-0.4, -0.2) is 24.6 Å². The fourth-order valence-corrected chi connectivity index (χ4v) is 2.95. The Morgan fingerprint density at radius 1 is 1.05 bits per heavy atom. The lowest BCUT2D eigenvalue weighted by molar-refractivity contribution is -0.111. The molecule has 0 unspecified atom stereocenters. The fourth-order valence-electron chi connectivity index (χ4n) is 2.95. The summed E-state index contributed by atoms with van der Waals surface area (Å²) >= 11 is 0. The van der Waals surface area contributed by atoms with E-state index in [0.29, 0.717) is 39.1 Å². The van der Waals surface area contributed by atoms with Crippen LogP contribution in [-0.2, 0) is 14.3 Å². The van der Waals surface area contributed by atoms with Gasteiger partial charge in [-0.15, -0.1) is 0 Å². The van der Waals surface area contributed by atoms with Gasteiger partial charge in [0.1, 0.15) is 5.76 Å². The first kappa shape index (κ1) is 14.3. The molecular formula is C17H14O5. The summed E-state index contributed by atoms with van der Waals surface area (Å²) in [5.74, 6) is -1.29. The van der Waals surface area contributed by atoms with Crippen LogP contribution in [0.1, 0.15) is 51.3 Å². The van der Waals surface area contributed by atoms with E-state index >= 15 is 0 Å². The van der Waals surface area contributed by atoms with Crippen LogP contribution in [0.3, 0.4) is 0 Å². The van der Waals surface area contributed by atoms with Gasteiger partial charge in [0.15, 0.2) is 0 Å². The highest BCUT2D eigenvalue weighted by Gasteiger charge is 2.38. The Labute approximate surface area is 127 Å². The van der Waals surface area contributed by atoms with Crippen molar-refractivity contribution in [3.63, 3.8) is 0 Å². The van der Waals surface area contributed by atoms with Crippen LogP contribution in [0.25, 0.3) is 11.3 Å². The molecule has 3 rings (SSSR count). The number of ketones is 2. The Kier molecular flexibility index (Phi) is 3.02. The van der Waals surface area contributed by atoms with E-state index in [1.165, 1.54) is 13.4 Å². The van der Waals surface area contributed by atoms with Gasteiger partial charge in [-0.25, -0.2) is 4.79 Å². The molecule has 22 heavy (non-hydrogen) atoms. The Morgan fingerprint density at radius 3 is 2.36 bits per heavy atom. The van der Waals surface area contributed by atoms with Crippen molar-refractivity contribution < 1.29 is 23.9 Å². The summed E-state index contributed by atoms with van der Waals surface area (Å²) in [7, 11) is 1.30. The molecule has 0 bridgehead atoms. The van der Waals surface area contributed by atoms with E-state index in [-0.39, 0.29) is 5.57 Å². The first-order chi connectivity index (χ1) is 10.4. The van der Waals surface area contributed by atoms with Crippen LogP contribution in [0, 0.1) is 6.92 Å². The second-order valence-corrected chi connectivity index (χ2v) is 5.39. The number of ether oxygens (including phenoxy) is 2. The molecule has 0 N–H and O–H groups in total. The molecule has 0 radical (unpaired) electrons. The Hall–Kier alpha value is -2.69. The second kappa shape index (κ2) is 4.66. The molecule has 2 aliphatic rings. The van der Waals surface area contributed by atoms with Crippen molar-refractivity contribution in [3.8, 4) is 0 Å². The molecule has 1 aliphatic heterocycles. The largest absolute Gasteiger partial charge is 0.465 e. The topological polar surface area (TPSA) is 69.7 Å². The molecule has 1 aromatic carbocycles. The van der Waals surface area contributed by atoms with Gasteiger partial charge in [-0.3, -0.25) is 9.59 Å². The lowest BCUT2D eigenvalue weighted by Crippen LogP contribution is -2.27. The summed E-state index contributed by atoms with van der Waals surface area (Å²) in [5.41, 5.74) is 3.29. The molecule has 5 nitrogen and oxygen atoms in total. The number of allylic oxidation sites excluding steroid dienone is 2. The number of aryl methyl sites for hydroxylation is 1. The van der Waals surface area contributed by atoms with E-state index in [4.69, 9.17) is 9.47 Å². The molecule has 1 heterocycles. The van der Waals surface area contributed by atoms with Crippen LogP contribution >= 0.6 is 0 Å². The van der Waals surface area contributed by atoms with Crippen LogP contribution in [0.15, 0.2) is 17.9 Å². The van der Waals surface area contributed by atoms with Crippen molar-refractivity contribution in [2.75, 3.05) is 7.11 Å². The van der Waals surface area contributed by atoms with E-state index in [9.17, 15) is 14.4 Å². The highest BCUT2D eigenvalue weighted by atomic mass is 16.5. The molecule has 1 aliphatic carbocycles. The lowest BCUT2D eigenvalue weighted by Gasteiger charge is -2.28. The van der Waals surface area contributed by atoms with Gasteiger partial charge in [0, 0.05) is 22.3 Å². The minimum absolute atomic E-state index is 0.254. The van der Waals surface area contributed by atoms with Crippen molar-refractivity contribution >= 4 is 28.9 Å². The van der Waals surface area contributed by atoms with Gasteiger partial charge in [0.05, 0.1) is 18.9 Å². The van der Waals surface area contributed by atoms with Gasteiger partial charge in [-0.05, 0) is 38.0 Å². The van der Waals surface area contributed by atoms with Gasteiger partial charge in [-0.1, -0.05) is 0 Å². The van der Waals surface area contributed by atoms with Crippen molar-refractivity contribution in [1.82, 2.24) is 0 Å². The molecule has 0 spiro atoms. The Morgan fingerprint density at radius 2 is 1.73 bits per heavy atom. The van der Waals surface area contributed by atoms with E-state index in [1.807, 2.05) is 0 Å². The van der Waals surface area contributed by atoms with E-state index in [0.717, 1.165) is 0 Å². The number of esters is 1. The first-order valence-electron chi connectivity index (χ1n) is 6.78. The predicted octanol–water partition coefficient (Wildman–Crippen LogP) is 2.67. The third-order valence-electron chi connectivity index (χ3n) is 4.02. The average molecular weight is 298 g/mol. The average Bonchev–Trinajstić information content (AvgIpc) is 2.50. The maximum atomic E-state index is 12.4. The Balaban J connectivity index is 2.49. The quantitative estimate of drug-likeness (QED) is 0.589. The van der Waals surface area contributed by atoms with Gasteiger partial charge >= 0.3 is 5.97 Å². The highest BCUT2D eigenvalue weighted by Crippen LogP contribution is 2.42. The number of hydrogen-bond donors (Lipinski definition) is 0. The van der Waals surface area contributed by atoms with Crippen molar-refractivity contribution in [1.29, 1.82) is 0 Å². The molecule has 0 saturated carbocycles. The zero-order chi connectivity index (χ0) is 16.2.